The number of carbonyl (C=O) groups excluding carboxylic acids is 1. The van der Waals surface area contributed by atoms with Crippen LogP contribution < -0.4 is 11.1 Å². The quantitative estimate of drug-likeness (QED) is 0.739. The van der Waals surface area contributed by atoms with E-state index in [9.17, 15) is 4.79 Å². The van der Waals surface area contributed by atoms with Crippen LogP contribution >= 0.6 is 0 Å². The van der Waals surface area contributed by atoms with Gasteiger partial charge in [-0.1, -0.05) is 12.1 Å². The first-order valence-electron chi connectivity index (χ1n) is 6.97. The van der Waals surface area contributed by atoms with Gasteiger partial charge in [0.05, 0.1) is 0 Å². The SMILES string of the molecule is Cc1cc(N)ccc1C(=O)Nc1cccc(CCCO)c1. The lowest BCUT2D eigenvalue weighted by Crippen LogP contribution is -2.13. The summed E-state index contributed by atoms with van der Waals surface area (Å²) in [6.45, 7) is 2.03. The number of hydrogen-bond donors (Lipinski definition) is 3. The predicted molar refractivity (Wildman–Crippen MR) is 85.4 cm³/mol. The molecule has 110 valence electrons. The standard InChI is InChI=1S/C17H20N2O2/c1-12-10-14(18)7-8-16(12)17(21)19-15-6-2-4-13(11-15)5-3-9-20/h2,4,6-8,10-11,20H,3,5,9,18H2,1H3,(H,19,21). The van der Waals surface area contributed by atoms with Crippen molar-refractivity contribution in [1.29, 1.82) is 0 Å². The van der Waals surface area contributed by atoms with Crippen molar-refractivity contribution in [3.63, 3.8) is 0 Å². The van der Waals surface area contributed by atoms with E-state index in [1.165, 1.54) is 0 Å². The topological polar surface area (TPSA) is 75.4 Å². The van der Waals surface area contributed by atoms with Crippen molar-refractivity contribution in [2.75, 3.05) is 17.7 Å². The second kappa shape index (κ2) is 6.90. The molecular formula is C17H20N2O2. The molecule has 0 heterocycles. The van der Waals surface area contributed by atoms with E-state index < -0.39 is 0 Å². The van der Waals surface area contributed by atoms with Gasteiger partial charge < -0.3 is 16.2 Å². The minimum Gasteiger partial charge on any atom is -0.399 e. The van der Waals surface area contributed by atoms with E-state index in [2.05, 4.69) is 5.32 Å². The molecule has 0 bridgehead atoms. The molecule has 2 rings (SSSR count). The van der Waals surface area contributed by atoms with Gasteiger partial charge in [-0.05, 0) is 61.2 Å². The fourth-order valence-corrected chi connectivity index (χ4v) is 2.23. The monoisotopic (exact) mass is 284 g/mol. The van der Waals surface area contributed by atoms with E-state index in [1.54, 1.807) is 18.2 Å². The molecule has 0 aliphatic carbocycles. The van der Waals surface area contributed by atoms with Crippen molar-refractivity contribution in [2.45, 2.75) is 19.8 Å². The Morgan fingerprint density at radius 3 is 2.76 bits per heavy atom. The van der Waals surface area contributed by atoms with Gasteiger partial charge in [0.2, 0.25) is 0 Å². The molecule has 0 aliphatic heterocycles. The first-order chi connectivity index (χ1) is 10.1. The molecular weight excluding hydrogens is 264 g/mol. The van der Waals surface area contributed by atoms with Crippen molar-refractivity contribution in [1.82, 2.24) is 0 Å². The Labute approximate surface area is 124 Å². The van der Waals surface area contributed by atoms with Gasteiger partial charge in [0, 0.05) is 23.5 Å². The van der Waals surface area contributed by atoms with Crippen LogP contribution in [0.25, 0.3) is 0 Å². The summed E-state index contributed by atoms with van der Waals surface area (Å²) in [5.41, 5.74) is 9.66. The van der Waals surface area contributed by atoms with Crippen molar-refractivity contribution >= 4 is 17.3 Å². The van der Waals surface area contributed by atoms with Crippen LogP contribution in [0.15, 0.2) is 42.5 Å². The molecule has 0 atom stereocenters. The lowest BCUT2D eigenvalue weighted by molar-refractivity contribution is 0.102. The minimum atomic E-state index is -0.146. The molecule has 0 saturated heterocycles. The number of aryl methyl sites for hydroxylation is 2. The number of benzene rings is 2. The number of carbonyl (C=O) groups is 1. The molecule has 21 heavy (non-hydrogen) atoms. The molecule has 2 aromatic carbocycles. The highest BCUT2D eigenvalue weighted by atomic mass is 16.2. The van der Waals surface area contributed by atoms with E-state index in [0.717, 1.165) is 23.2 Å². The van der Waals surface area contributed by atoms with E-state index in [1.807, 2.05) is 31.2 Å². The number of aliphatic hydroxyl groups is 1. The highest BCUT2D eigenvalue weighted by molar-refractivity contribution is 6.05. The molecule has 0 aliphatic rings. The maximum absolute atomic E-state index is 12.3. The summed E-state index contributed by atoms with van der Waals surface area (Å²) in [5, 5.41) is 11.8. The maximum Gasteiger partial charge on any atom is 0.255 e. The fourth-order valence-electron chi connectivity index (χ4n) is 2.23. The van der Waals surface area contributed by atoms with E-state index in [0.29, 0.717) is 17.7 Å². The van der Waals surface area contributed by atoms with Crippen LogP contribution in [0.4, 0.5) is 11.4 Å². The van der Waals surface area contributed by atoms with Gasteiger partial charge in [-0.25, -0.2) is 0 Å². The molecule has 2 aromatic rings. The molecule has 4 N–H and O–H groups in total. The molecule has 0 spiro atoms. The third kappa shape index (κ3) is 4.07. The second-order valence-corrected chi connectivity index (χ2v) is 5.06. The molecule has 0 aromatic heterocycles. The number of hydrogen-bond acceptors (Lipinski definition) is 3. The Kier molecular flexibility index (Phi) is 4.95. The second-order valence-electron chi connectivity index (χ2n) is 5.06. The van der Waals surface area contributed by atoms with Crippen LogP contribution in [0, 0.1) is 6.92 Å². The number of nitrogens with two attached hydrogens (primary N) is 1. The normalized spacial score (nSPS) is 10.4. The van der Waals surface area contributed by atoms with Crippen LogP contribution in [0.3, 0.4) is 0 Å². The molecule has 4 nitrogen and oxygen atoms in total. The molecule has 4 heteroatoms. The summed E-state index contributed by atoms with van der Waals surface area (Å²) in [5.74, 6) is -0.146. The average Bonchev–Trinajstić information content (AvgIpc) is 2.45. The number of amides is 1. The smallest absolute Gasteiger partial charge is 0.255 e. The number of rotatable bonds is 5. The lowest BCUT2D eigenvalue weighted by atomic mass is 10.1. The van der Waals surface area contributed by atoms with Crippen LogP contribution in [0.1, 0.15) is 27.9 Å². The third-order valence-corrected chi connectivity index (χ3v) is 3.30. The van der Waals surface area contributed by atoms with Crippen molar-refractivity contribution in [3.05, 3.63) is 59.2 Å². The van der Waals surface area contributed by atoms with E-state index in [4.69, 9.17) is 10.8 Å². The molecule has 0 saturated carbocycles. The van der Waals surface area contributed by atoms with Gasteiger partial charge in [-0.2, -0.15) is 0 Å². The van der Waals surface area contributed by atoms with Gasteiger partial charge >= 0.3 is 0 Å². The summed E-state index contributed by atoms with van der Waals surface area (Å²) in [7, 11) is 0. The zero-order chi connectivity index (χ0) is 15.2. The zero-order valence-electron chi connectivity index (χ0n) is 12.1. The zero-order valence-corrected chi connectivity index (χ0v) is 12.1. The Balaban J connectivity index is 2.12. The van der Waals surface area contributed by atoms with Crippen molar-refractivity contribution in [3.8, 4) is 0 Å². The Morgan fingerprint density at radius 1 is 1.24 bits per heavy atom. The Bertz CT molecular complexity index is 638. The Hall–Kier alpha value is -2.33. The van der Waals surface area contributed by atoms with Gasteiger partial charge in [0.1, 0.15) is 0 Å². The highest BCUT2D eigenvalue weighted by Gasteiger charge is 2.09. The molecule has 0 radical (unpaired) electrons. The van der Waals surface area contributed by atoms with E-state index in [-0.39, 0.29) is 12.5 Å². The first-order valence-corrected chi connectivity index (χ1v) is 6.97. The largest absolute Gasteiger partial charge is 0.399 e. The fraction of sp³-hybridized carbons (Fsp3) is 0.235. The average molecular weight is 284 g/mol. The number of nitrogens with one attached hydrogen (secondary N) is 1. The van der Waals surface area contributed by atoms with Gasteiger partial charge in [-0.3, -0.25) is 4.79 Å². The maximum atomic E-state index is 12.3. The van der Waals surface area contributed by atoms with Crippen molar-refractivity contribution < 1.29 is 9.90 Å². The molecule has 1 amide bonds. The summed E-state index contributed by atoms with van der Waals surface area (Å²) in [4.78, 5) is 12.3. The van der Waals surface area contributed by atoms with Gasteiger partial charge in [0.25, 0.3) is 5.91 Å². The number of anilines is 2. The highest BCUT2D eigenvalue weighted by Crippen LogP contribution is 2.17. The van der Waals surface area contributed by atoms with Crippen molar-refractivity contribution in [2.24, 2.45) is 0 Å². The van der Waals surface area contributed by atoms with E-state index >= 15 is 0 Å². The molecule has 0 fully saturated rings. The van der Waals surface area contributed by atoms with Crippen LogP contribution in [-0.4, -0.2) is 17.6 Å². The first kappa shape index (κ1) is 15.1. The molecule has 0 unspecified atom stereocenters. The van der Waals surface area contributed by atoms with Gasteiger partial charge in [0.15, 0.2) is 0 Å². The number of aliphatic hydroxyl groups excluding tert-OH is 1. The van der Waals surface area contributed by atoms with Gasteiger partial charge in [-0.15, -0.1) is 0 Å². The minimum absolute atomic E-state index is 0.146. The number of nitrogen functional groups attached to an aromatic ring is 1. The van der Waals surface area contributed by atoms with Crippen LogP contribution in [-0.2, 0) is 6.42 Å². The van der Waals surface area contributed by atoms with Crippen LogP contribution in [0.2, 0.25) is 0 Å². The lowest BCUT2D eigenvalue weighted by Gasteiger charge is -2.09. The Morgan fingerprint density at radius 2 is 2.05 bits per heavy atom. The summed E-state index contributed by atoms with van der Waals surface area (Å²) in [6, 6.07) is 12.9. The summed E-state index contributed by atoms with van der Waals surface area (Å²) >= 11 is 0. The third-order valence-electron chi connectivity index (χ3n) is 3.30. The predicted octanol–water partition coefficient (Wildman–Crippen LogP) is 2.75. The summed E-state index contributed by atoms with van der Waals surface area (Å²) in [6.07, 6.45) is 1.51. The van der Waals surface area contributed by atoms with Crippen LogP contribution in [0.5, 0.6) is 0 Å². The summed E-state index contributed by atoms with van der Waals surface area (Å²) < 4.78 is 0.